The van der Waals surface area contributed by atoms with E-state index in [4.69, 9.17) is 9.47 Å². The van der Waals surface area contributed by atoms with Crippen molar-refractivity contribution < 1.29 is 44.3 Å². The summed E-state index contributed by atoms with van der Waals surface area (Å²) in [6, 6.07) is 4.79. The number of hydrogen-bond donors (Lipinski definition) is 4. The normalized spacial score (nSPS) is 29.4. The van der Waals surface area contributed by atoms with Crippen molar-refractivity contribution in [2.24, 2.45) is 0 Å². The zero-order valence-electron chi connectivity index (χ0n) is 20.2. The Kier molecular flexibility index (Phi) is 5.79. The molecule has 36 heavy (non-hydrogen) atoms. The molecule has 5 rings (SSSR count). The fraction of sp³-hybridized carbons (Fsp3) is 0.444. The zero-order chi connectivity index (χ0) is 26.1. The highest BCUT2D eigenvalue weighted by Gasteiger charge is 2.48. The van der Waals surface area contributed by atoms with Crippen molar-refractivity contribution in [3.63, 3.8) is 0 Å². The van der Waals surface area contributed by atoms with E-state index in [2.05, 4.69) is 0 Å². The number of carbonyl (C=O) groups excluding carboxylic acids is 3. The molecule has 9 heteroatoms. The van der Waals surface area contributed by atoms with Crippen molar-refractivity contribution in [2.45, 2.75) is 76.7 Å². The van der Waals surface area contributed by atoms with Gasteiger partial charge in [-0.1, -0.05) is 18.2 Å². The third-order valence-electron chi connectivity index (χ3n) is 7.68. The van der Waals surface area contributed by atoms with Crippen molar-refractivity contribution >= 4 is 17.3 Å². The minimum Gasteiger partial charge on any atom is -0.507 e. The molecule has 0 aromatic heterocycles. The smallest absolute Gasteiger partial charge is 0.198 e. The minimum atomic E-state index is -1.94. The number of carbonyl (C=O) groups is 3. The van der Waals surface area contributed by atoms with Crippen LogP contribution in [0, 0.1) is 6.92 Å². The molecule has 1 saturated heterocycles. The van der Waals surface area contributed by atoms with Crippen LogP contribution in [0.4, 0.5) is 0 Å². The third-order valence-corrected chi connectivity index (χ3v) is 7.68. The van der Waals surface area contributed by atoms with Gasteiger partial charge in [-0.05, 0) is 32.8 Å². The van der Waals surface area contributed by atoms with E-state index in [1.807, 2.05) is 0 Å². The van der Waals surface area contributed by atoms with E-state index in [1.165, 1.54) is 13.0 Å². The van der Waals surface area contributed by atoms with Crippen LogP contribution < -0.4 is 0 Å². The molecule has 1 aliphatic heterocycles. The third kappa shape index (κ3) is 3.57. The van der Waals surface area contributed by atoms with Gasteiger partial charge in [-0.3, -0.25) is 14.4 Å². The predicted molar refractivity (Wildman–Crippen MR) is 125 cm³/mol. The Hall–Kier alpha value is -3.11. The van der Waals surface area contributed by atoms with E-state index in [-0.39, 0.29) is 46.2 Å². The maximum Gasteiger partial charge on any atom is 0.198 e. The summed E-state index contributed by atoms with van der Waals surface area (Å²) < 4.78 is 11.8. The van der Waals surface area contributed by atoms with Crippen LogP contribution in [0.15, 0.2) is 18.2 Å². The molecule has 190 valence electrons. The number of phenolic OH excluding ortho intramolecular Hbond substituents is 2. The molecule has 0 radical (unpaired) electrons. The summed E-state index contributed by atoms with van der Waals surface area (Å²) in [7, 11) is 0. The van der Waals surface area contributed by atoms with Crippen LogP contribution in [0.5, 0.6) is 11.5 Å². The number of aliphatic hydroxyl groups excluding tert-OH is 1. The first-order valence-corrected chi connectivity index (χ1v) is 12.0. The highest BCUT2D eigenvalue weighted by atomic mass is 16.7. The van der Waals surface area contributed by atoms with Gasteiger partial charge in [-0.2, -0.15) is 0 Å². The van der Waals surface area contributed by atoms with Crippen molar-refractivity contribution in [1.82, 2.24) is 0 Å². The Morgan fingerprint density at radius 3 is 2.44 bits per heavy atom. The second kappa shape index (κ2) is 8.48. The van der Waals surface area contributed by atoms with Crippen molar-refractivity contribution in [3.05, 3.63) is 57.1 Å². The van der Waals surface area contributed by atoms with E-state index in [0.717, 1.165) is 0 Å². The molecule has 0 bridgehead atoms. The van der Waals surface area contributed by atoms with Gasteiger partial charge < -0.3 is 29.9 Å². The summed E-state index contributed by atoms with van der Waals surface area (Å²) >= 11 is 0. The van der Waals surface area contributed by atoms with Crippen molar-refractivity contribution in [2.75, 3.05) is 0 Å². The fourth-order valence-electron chi connectivity index (χ4n) is 5.56. The van der Waals surface area contributed by atoms with Gasteiger partial charge >= 0.3 is 0 Å². The van der Waals surface area contributed by atoms with Gasteiger partial charge in [0.15, 0.2) is 23.6 Å². The average Bonchev–Trinajstić information content (AvgIpc) is 2.81. The number of hydrogen-bond acceptors (Lipinski definition) is 9. The minimum absolute atomic E-state index is 0.0265. The van der Waals surface area contributed by atoms with Gasteiger partial charge in [-0.25, -0.2) is 0 Å². The predicted octanol–water partition coefficient (Wildman–Crippen LogP) is 2.39. The van der Waals surface area contributed by atoms with Crippen LogP contribution in [0.25, 0.3) is 0 Å². The maximum absolute atomic E-state index is 13.5. The standard InChI is InChI=1S/C27H28O9/c1-11-5-4-6-14-19(11)25(32)22-21(23(14)30)24(31)15-9-27(34,13(3)28)10-17(20(15)26(22)33)36-18-8-7-16(29)12(2)35-18/h4-6,12,16-18,29,31,33-34H,7-10H2,1-3H3/t12?,16?,17-,18?,27-/m0/s1. The highest BCUT2D eigenvalue weighted by molar-refractivity contribution is 6.31. The number of Topliss-reactive ketones (excluding diaryl/α,β-unsaturated/α-hetero) is 1. The molecule has 2 aliphatic carbocycles. The van der Waals surface area contributed by atoms with E-state index in [0.29, 0.717) is 18.4 Å². The summed E-state index contributed by atoms with van der Waals surface area (Å²) in [5.74, 6) is -2.90. The molecule has 3 unspecified atom stereocenters. The highest BCUT2D eigenvalue weighted by Crippen LogP contribution is 2.52. The monoisotopic (exact) mass is 496 g/mol. The Balaban J connectivity index is 1.68. The number of fused-ring (bicyclic) bond motifs is 3. The van der Waals surface area contributed by atoms with E-state index in [1.54, 1.807) is 26.0 Å². The molecule has 2 aromatic carbocycles. The Bertz CT molecular complexity index is 1310. The molecule has 4 N–H and O–H groups in total. The number of aryl methyl sites for hydroxylation is 1. The Morgan fingerprint density at radius 1 is 1.08 bits per heavy atom. The van der Waals surface area contributed by atoms with E-state index in [9.17, 15) is 34.8 Å². The van der Waals surface area contributed by atoms with Gasteiger partial charge in [0.1, 0.15) is 17.1 Å². The van der Waals surface area contributed by atoms with Gasteiger partial charge in [0.2, 0.25) is 0 Å². The molecular weight excluding hydrogens is 468 g/mol. The van der Waals surface area contributed by atoms with E-state index < -0.39 is 59.1 Å². The number of benzene rings is 2. The van der Waals surface area contributed by atoms with E-state index >= 15 is 0 Å². The molecule has 0 spiro atoms. The second-order valence-corrected chi connectivity index (χ2v) is 10.0. The number of ketones is 3. The van der Waals surface area contributed by atoms with Gasteiger partial charge in [0, 0.05) is 41.5 Å². The number of ether oxygens (including phenoxy) is 2. The molecule has 5 atom stereocenters. The fourth-order valence-corrected chi connectivity index (χ4v) is 5.56. The molecule has 0 amide bonds. The zero-order valence-corrected chi connectivity index (χ0v) is 20.2. The SMILES string of the molecule is CC(=O)[C@]1(O)Cc2c(O)c3c(c(O)c2[C@@H](OC2CCC(O)C(C)O2)C1)C(=O)c1c(C)cccc1C3=O. The van der Waals surface area contributed by atoms with Crippen molar-refractivity contribution in [1.29, 1.82) is 0 Å². The number of rotatable bonds is 3. The van der Waals surface area contributed by atoms with Gasteiger partial charge in [0.25, 0.3) is 0 Å². The molecule has 2 aromatic rings. The summed E-state index contributed by atoms with van der Waals surface area (Å²) in [4.78, 5) is 39.4. The summed E-state index contributed by atoms with van der Waals surface area (Å²) in [5, 5.41) is 43.8. The number of aliphatic hydroxyl groups is 2. The molecule has 1 fully saturated rings. The Labute approximate surface area is 207 Å². The second-order valence-electron chi connectivity index (χ2n) is 10.0. The van der Waals surface area contributed by atoms with Crippen LogP contribution >= 0.6 is 0 Å². The molecule has 3 aliphatic rings. The largest absolute Gasteiger partial charge is 0.507 e. The first-order valence-electron chi connectivity index (χ1n) is 12.0. The van der Waals surface area contributed by atoms with Crippen LogP contribution in [0.3, 0.4) is 0 Å². The summed E-state index contributed by atoms with van der Waals surface area (Å²) in [6.07, 6.45) is -3.06. The lowest BCUT2D eigenvalue weighted by molar-refractivity contribution is -0.243. The number of phenols is 2. The number of aromatic hydroxyl groups is 2. The molecule has 1 heterocycles. The van der Waals surface area contributed by atoms with Crippen LogP contribution in [-0.2, 0) is 20.7 Å². The van der Waals surface area contributed by atoms with Gasteiger partial charge in [-0.15, -0.1) is 0 Å². The van der Waals surface area contributed by atoms with Crippen LogP contribution in [-0.4, -0.2) is 61.9 Å². The lowest BCUT2D eigenvalue weighted by Gasteiger charge is -2.41. The Morgan fingerprint density at radius 2 is 1.78 bits per heavy atom. The van der Waals surface area contributed by atoms with Crippen LogP contribution in [0.1, 0.15) is 87.7 Å². The lowest BCUT2D eigenvalue weighted by atomic mass is 9.71. The maximum atomic E-state index is 13.5. The van der Waals surface area contributed by atoms with Gasteiger partial charge in [0.05, 0.1) is 29.4 Å². The summed E-state index contributed by atoms with van der Waals surface area (Å²) in [5.41, 5.74) is -1.80. The van der Waals surface area contributed by atoms with Crippen LogP contribution in [0.2, 0.25) is 0 Å². The first kappa shape index (κ1) is 24.6. The molecular formula is C27H28O9. The quantitative estimate of drug-likeness (QED) is 0.401. The summed E-state index contributed by atoms with van der Waals surface area (Å²) in [6.45, 7) is 4.57. The van der Waals surface area contributed by atoms with Crippen molar-refractivity contribution in [3.8, 4) is 11.5 Å². The molecule has 9 nitrogen and oxygen atoms in total. The first-order chi connectivity index (χ1) is 16.9. The topological polar surface area (TPSA) is 151 Å². The lowest BCUT2D eigenvalue weighted by Crippen LogP contribution is -2.46. The molecule has 0 saturated carbocycles. The average molecular weight is 497 g/mol.